The molecule has 0 saturated carbocycles. The first-order valence-corrected chi connectivity index (χ1v) is 7.76. The van der Waals surface area contributed by atoms with E-state index in [2.05, 4.69) is 4.74 Å². The fourth-order valence-electron chi connectivity index (χ4n) is 2.33. The Kier molecular flexibility index (Phi) is 6.48. The molecule has 10 heteroatoms. The topological polar surface area (TPSA) is 72.6 Å². The molecule has 0 aromatic heterocycles. The molecule has 1 aromatic carbocycles. The number of rotatable bonds is 5. The van der Waals surface area contributed by atoms with E-state index in [1.165, 1.54) is 4.31 Å². The third-order valence-electron chi connectivity index (χ3n) is 3.32. The Labute approximate surface area is 132 Å². The Morgan fingerprint density at radius 1 is 1.41 bits per heavy atom. The molecular formula is C12H16ClF3N2O3S. The van der Waals surface area contributed by atoms with Crippen LogP contribution in [0.25, 0.3) is 0 Å². The molecule has 22 heavy (non-hydrogen) atoms. The number of ether oxygens (including phenoxy) is 1. The number of hydrogen-bond acceptors (Lipinski definition) is 4. The van der Waals surface area contributed by atoms with Gasteiger partial charge >= 0.3 is 6.61 Å². The van der Waals surface area contributed by atoms with Crippen LogP contribution < -0.4 is 10.5 Å². The molecule has 2 N–H and O–H groups in total. The molecule has 1 unspecified atom stereocenters. The number of benzene rings is 1. The van der Waals surface area contributed by atoms with Crippen LogP contribution in [0.5, 0.6) is 5.75 Å². The van der Waals surface area contributed by atoms with Gasteiger partial charge in [0.15, 0.2) is 11.6 Å². The molecule has 0 amide bonds. The van der Waals surface area contributed by atoms with Crippen LogP contribution in [0.1, 0.15) is 12.8 Å². The van der Waals surface area contributed by atoms with Gasteiger partial charge in [-0.1, -0.05) is 0 Å². The summed E-state index contributed by atoms with van der Waals surface area (Å²) in [5.41, 5.74) is 5.52. The zero-order chi connectivity index (χ0) is 15.6. The van der Waals surface area contributed by atoms with Crippen molar-refractivity contribution >= 4 is 22.4 Å². The van der Waals surface area contributed by atoms with Gasteiger partial charge in [0.05, 0.1) is 4.90 Å². The average molecular weight is 361 g/mol. The molecule has 1 saturated heterocycles. The minimum absolute atomic E-state index is 0. The minimum atomic E-state index is -3.90. The molecule has 0 bridgehead atoms. The van der Waals surface area contributed by atoms with Gasteiger partial charge in [-0.15, -0.1) is 12.4 Å². The predicted octanol–water partition coefficient (Wildman–Crippen LogP) is 1.96. The van der Waals surface area contributed by atoms with E-state index in [4.69, 9.17) is 5.73 Å². The van der Waals surface area contributed by atoms with Crippen molar-refractivity contribution < 1.29 is 26.3 Å². The van der Waals surface area contributed by atoms with Gasteiger partial charge in [0, 0.05) is 19.1 Å². The molecule has 5 nitrogen and oxygen atoms in total. The Morgan fingerprint density at radius 2 is 2.09 bits per heavy atom. The lowest BCUT2D eigenvalue weighted by Gasteiger charge is -2.23. The molecule has 0 spiro atoms. The Morgan fingerprint density at radius 3 is 2.64 bits per heavy atom. The maximum atomic E-state index is 13.6. The first kappa shape index (κ1) is 19.0. The number of alkyl halides is 2. The van der Waals surface area contributed by atoms with Gasteiger partial charge < -0.3 is 10.5 Å². The summed E-state index contributed by atoms with van der Waals surface area (Å²) in [6.07, 6.45) is 1.32. The Hall–Kier alpha value is -1.03. The van der Waals surface area contributed by atoms with E-state index in [0.717, 1.165) is 12.1 Å². The maximum absolute atomic E-state index is 13.6. The van der Waals surface area contributed by atoms with Gasteiger partial charge in [0.25, 0.3) is 0 Å². The monoisotopic (exact) mass is 360 g/mol. The predicted molar refractivity (Wildman–Crippen MR) is 76.2 cm³/mol. The van der Waals surface area contributed by atoms with E-state index in [9.17, 15) is 21.6 Å². The molecular weight excluding hydrogens is 345 g/mol. The summed E-state index contributed by atoms with van der Waals surface area (Å²) in [5.74, 6) is -1.85. The van der Waals surface area contributed by atoms with Gasteiger partial charge in [-0.3, -0.25) is 0 Å². The van der Waals surface area contributed by atoms with Crippen molar-refractivity contribution in [2.24, 2.45) is 5.73 Å². The van der Waals surface area contributed by atoms with Crippen molar-refractivity contribution in [3.8, 4) is 5.75 Å². The summed E-state index contributed by atoms with van der Waals surface area (Å²) in [4.78, 5) is -0.304. The average Bonchev–Trinajstić information content (AvgIpc) is 2.89. The van der Waals surface area contributed by atoms with Gasteiger partial charge in [-0.2, -0.15) is 13.1 Å². The molecule has 1 aromatic rings. The van der Waals surface area contributed by atoms with Crippen molar-refractivity contribution in [3.63, 3.8) is 0 Å². The highest BCUT2D eigenvalue weighted by Gasteiger charge is 2.34. The molecule has 126 valence electrons. The smallest absolute Gasteiger partial charge is 0.387 e. The van der Waals surface area contributed by atoms with Crippen molar-refractivity contribution in [3.05, 3.63) is 24.0 Å². The number of hydrogen-bond donors (Lipinski definition) is 1. The SMILES string of the molecule is Cl.NCC1CCCN1S(=O)(=O)c1ccc(OC(F)F)c(F)c1. The number of nitrogens with two attached hydrogens (primary N) is 1. The number of nitrogens with zero attached hydrogens (tertiary/aromatic N) is 1. The van der Waals surface area contributed by atoms with Gasteiger partial charge in [0.2, 0.25) is 10.0 Å². The lowest BCUT2D eigenvalue weighted by Crippen LogP contribution is -2.39. The van der Waals surface area contributed by atoms with Crippen LogP contribution in [0, 0.1) is 5.82 Å². The zero-order valence-corrected chi connectivity index (χ0v) is 13.0. The van der Waals surface area contributed by atoms with Gasteiger partial charge in [0.1, 0.15) is 0 Å². The Balaban J connectivity index is 0.00000242. The van der Waals surface area contributed by atoms with E-state index in [-0.39, 0.29) is 29.9 Å². The fourth-order valence-corrected chi connectivity index (χ4v) is 4.05. The molecule has 1 fully saturated rings. The number of halogens is 4. The van der Waals surface area contributed by atoms with Crippen LogP contribution in [-0.4, -0.2) is 38.5 Å². The second kappa shape index (κ2) is 7.49. The first-order valence-electron chi connectivity index (χ1n) is 6.32. The fraction of sp³-hybridized carbons (Fsp3) is 0.500. The van der Waals surface area contributed by atoms with E-state index in [1.807, 2.05) is 0 Å². The largest absolute Gasteiger partial charge is 0.432 e. The lowest BCUT2D eigenvalue weighted by molar-refractivity contribution is -0.0522. The third kappa shape index (κ3) is 3.83. The summed E-state index contributed by atoms with van der Waals surface area (Å²) in [5, 5.41) is 0. The highest BCUT2D eigenvalue weighted by Crippen LogP contribution is 2.28. The standard InChI is InChI=1S/C12H15F3N2O3S.ClH/c13-10-6-9(3-4-11(10)20-12(14)15)21(18,19)17-5-1-2-8(17)7-16;/h3-4,6,8,12H,1-2,5,7,16H2;1H. The van der Waals surface area contributed by atoms with Crippen molar-refractivity contribution in [2.75, 3.05) is 13.1 Å². The van der Waals surface area contributed by atoms with E-state index < -0.39 is 28.2 Å². The molecule has 1 atom stereocenters. The molecule has 0 aliphatic carbocycles. The van der Waals surface area contributed by atoms with Crippen LogP contribution >= 0.6 is 12.4 Å². The minimum Gasteiger partial charge on any atom is -0.432 e. The van der Waals surface area contributed by atoms with Crippen molar-refractivity contribution in [1.82, 2.24) is 4.31 Å². The summed E-state index contributed by atoms with van der Waals surface area (Å²) >= 11 is 0. The molecule has 1 heterocycles. The maximum Gasteiger partial charge on any atom is 0.387 e. The van der Waals surface area contributed by atoms with E-state index >= 15 is 0 Å². The second-order valence-corrected chi connectivity index (χ2v) is 6.51. The van der Waals surface area contributed by atoms with Gasteiger partial charge in [-0.05, 0) is 31.0 Å². The molecule has 1 aliphatic rings. The summed E-state index contributed by atoms with van der Waals surface area (Å²) in [7, 11) is -3.90. The van der Waals surface area contributed by atoms with Gasteiger partial charge in [-0.25, -0.2) is 12.8 Å². The van der Waals surface area contributed by atoms with E-state index in [0.29, 0.717) is 25.5 Å². The Bertz CT molecular complexity index is 616. The van der Waals surface area contributed by atoms with E-state index in [1.54, 1.807) is 0 Å². The molecule has 1 aliphatic heterocycles. The zero-order valence-electron chi connectivity index (χ0n) is 11.4. The van der Waals surface area contributed by atoms with Crippen LogP contribution in [0.3, 0.4) is 0 Å². The highest BCUT2D eigenvalue weighted by molar-refractivity contribution is 7.89. The molecule has 0 radical (unpaired) electrons. The quantitative estimate of drug-likeness (QED) is 0.871. The normalized spacial score (nSPS) is 19.2. The van der Waals surface area contributed by atoms with Crippen molar-refractivity contribution in [1.29, 1.82) is 0 Å². The van der Waals surface area contributed by atoms with Crippen LogP contribution in [0.15, 0.2) is 23.1 Å². The third-order valence-corrected chi connectivity index (χ3v) is 5.27. The highest BCUT2D eigenvalue weighted by atomic mass is 35.5. The summed E-state index contributed by atoms with van der Waals surface area (Å²) in [6.45, 7) is -2.70. The van der Waals surface area contributed by atoms with Crippen molar-refractivity contribution in [2.45, 2.75) is 30.4 Å². The summed E-state index contributed by atoms with van der Waals surface area (Å²) in [6, 6.07) is 2.28. The second-order valence-electron chi connectivity index (χ2n) is 4.62. The van der Waals surface area contributed by atoms with Crippen LogP contribution in [0.2, 0.25) is 0 Å². The summed E-state index contributed by atoms with van der Waals surface area (Å²) < 4.78 is 67.7. The van der Waals surface area contributed by atoms with Crippen LogP contribution in [0.4, 0.5) is 13.2 Å². The van der Waals surface area contributed by atoms with Crippen LogP contribution in [-0.2, 0) is 10.0 Å². The lowest BCUT2D eigenvalue weighted by atomic mass is 10.2. The number of sulfonamides is 1. The first-order chi connectivity index (χ1) is 9.86. The molecule has 2 rings (SSSR count).